The van der Waals surface area contributed by atoms with Crippen LogP contribution in [0.15, 0.2) is 17.7 Å². The van der Waals surface area contributed by atoms with Crippen molar-refractivity contribution in [3.05, 3.63) is 27.5 Å². The maximum Gasteiger partial charge on any atom is 0.0273 e. The van der Waals surface area contributed by atoms with E-state index in [-0.39, 0.29) is 0 Å². The van der Waals surface area contributed by atoms with Gasteiger partial charge in [-0.15, -0.1) is 11.3 Å². The smallest absolute Gasteiger partial charge is 0.0273 e. The van der Waals surface area contributed by atoms with Crippen molar-refractivity contribution in [3.8, 4) is 0 Å². The first-order valence-electron chi connectivity index (χ1n) is 6.17. The van der Waals surface area contributed by atoms with E-state index in [1.165, 1.54) is 21.7 Å². The lowest BCUT2D eigenvalue weighted by Gasteiger charge is -2.13. The fraction of sp³-hybridized carbons (Fsp3) is 0.571. The summed E-state index contributed by atoms with van der Waals surface area (Å²) in [5, 5.41) is 3.51. The van der Waals surface area contributed by atoms with E-state index < -0.39 is 0 Å². The van der Waals surface area contributed by atoms with Crippen molar-refractivity contribution in [3.63, 3.8) is 0 Å². The minimum atomic E-state index is 0.479. The summed E-state index contributed by atoms with van der Waals surface area (Å²) in [6, 6.07) is 4.93. The topological polar surface area (TPSA) is 12.0 Å². The molecule has 0 amide bonds. The van der Waals surface area contributed by atoms with Crippen LogP contribution < -0.4 is 5.32 Å². The number of hydrogen-bond donors (Lipinski definition) is 1. The van der Waals surface area contributed by atoms with Gasteiger partial charge in [-0.2, -0.15) is 0 Å². The second-order valence-electron chi connectivity index (χ2n) is 4.22. The molecule has 16 heavy (non-hydrogen) atoms. The molecule has 0 spiro atoms. The predicted octanol–water partition coefficient (Wildman–Crippen LogP) is 4.10. The summed E-state index contributed by atoms with van der Waals surface area (Å²) in [5.74, 6) is 0. The molecule has 0 aliphatic rings. The lowest BCUT2D eigenvalue weighted by molar-refractivity contribution is 0.604. The third-order valence-corrected chi connectivity index (χ3v) is 3.96. The zero-order valence-corrected chi connectivity index (χ0v) is 11.7. The summed E-state index contributed by atoms with van der Waals surface area (Å²) in [5.41, 5.74) is 1.41. The van der Waals surface area contributed by atoms with Gasteiger partial charge >= 0.3 is 0 Å². The first-order valence-corrected chi connectivity index (χ1v) is 6.99. The number of thiophene rings is 1. The Morgan fingerprint density at radius 1 is 1.44 bits per heavy atom. The van der Waals surface area contributed by atoms with Crippen molar-refractivity contribution in [2.24, 2.45) is 0 Å². The molecule has 1 aromatic rings. The highest BCUT2D eigenvalue weighted by Crippen LogP contribution is 2.20. The van der Waals surface area contributed by atoms with Gasteiger partial charge in [0.25, 0.3) is 0 Å². The molecule has 0 aliphatic carbocycles. The fourth-order valence-corrected chi connectivity index (χ4v) is 2.50. The van der Waals surface area contributed by atoms with E-state index >= 15 is 0 Å². The van der Waals surface area contributed by atoms with Crippen molar-refractivity contribution in [2.75, 3.05) is 6.54 Å². The molecule has 0 fully saturated rings. The molecule has 0 bridgehead atoms. The molecule has 0 radical (unpaired) electrons. The highest BCUT2D eigenvalue weighted by atomic mass is 32.1. The number of rotatable bonds is 6. The Morgan fingerprint density at radius 2 is 2.19 bits per heavy atom. The summed E-state index contributed by atoms with van der Waals surface area (Å²) in [6.45, 7) is 9.94. The predicted molar refractivity (Wildman–Crippen MR) is 75.1 cm³/mol. The largest absolute Gasteiger partial charge is 0.311 e. The summed E-state index contributed by atoms with van der Waals surface area (Å²) >= 11 is 1.90. The van der Waals surface area contributed by atoms with Gasteiger partial charge in [0.15, 0.2) is 0 Å². The molecule has 90 valence electrons. The lowest BCUT2D eigenvalue weighted by atomic mass is 10.1. The molecule has 1 rings (SSSR count). The van der Waals surface area contributed by atoms with E-state index in [1.54, 1.807) is 0 Å². The van der Waals surface area contributed by atoms with Crippen LogP contribution in [-0.4, -0.2) is 12.6 Å². The molecule has 1 heterocycles. The fourth-order valence-electron chi connectivity index (χ4n) is 1.53. The second-order valence-corrected chi connectivity index (χ2v) is 5.42. The molecule has 1 N–H and O–H groups in total. The maximum absolute atomic E-state index is 3.51. The van der Waals surface area contributed by atoms with Crippen LogP contribution in [0.4, 0.5) is 0 Å². The van der Waals surface area contributed by atoms with E-state index in [1.807, 2.05) is 11.3 Å². The molecular formula is C14H23NS. The molecule has 0 aromatic carbocycles. The van der Waals surface area contributed by atoms with Crippen LogP contribution in [0.2, 0.25) is 0 Å². The van der Waals surface area contributed by atoms with Gasteiger partial charge < -0.3 is 5.32 Å². The third-order valence-electron chi connectivity index (χ3n) is 2.78. The number of nitrogens with one attached hydrogen (secondary N) is 1. The van der Waals surface area contributed by atoms with Crippen LogP contribution in [0.3, 0.4) is 0 Å². The van der Waals surface area contributed by atoms with E-state index in [9.17, 15) is 0 Å². The van der Waals surface area contributed by atoms with Crippen molar-refractivity contribution in [1.82, 2.24) is 5.32 Å². The van der Waals surface area contributed by atoms with E-state index in [0.29, 0.717) is 6.04 Å². The van der Waals surface area contributed by atoms with Gasteiger partial charge in [-0.05, 0) is 51.4 Å². The first-order chi connectivity index (χ1) is 7.67. The highest BCUT2D eigenvalue weighted by Gasteiger charge is 2.03. The lowest BCUT2D eigenvalue weighted by Crippen LogP contribution is -2.27. The van der Waals surface area contributed by atoms with E-state index in [4.69, 9.17) is 0 Å². The third kappa shape index (κ3) is 4.11. The van der Waals surface area contributed by atoms with Crippen molar-refractivity contribution in [1.29, 1.82) is 0 Å². The van der Waals surface area contributed by atoms with Gasteiger partial charge in [0.2, 0.25) is 0 Å². The van der Waals surface area contributed by atoms with Crippen LogP contribution >= 0.6 is 11.3 Å². The Balaban J connectivity index is 2.60. The van der Waals surface area contributed by atoms with Crippen LogP contribution in [0, 0.1) is 0 Å². The Morgan fingerprint density at radius 3 is 2.75 bits per heavy atom. The minimum absolute atomic E-state index is 0.479. The first kappa shape index (κ1) is 13.5. The number of hydrogen-bond acceptors (Lipinski definition) is 2. The monoisotopic (exact) mass is 237 g/mol. The van der Waals surface area contributed by atoms with E-state index in [2.05, 4.69) is 51.2 Å². The second kappa shape index (κ2) is 6.87. The maximum atomic E-state index is 3.51. The number of aryl methyl sites for hydroxylation is 1. The summed E-state index contributed by atoms with van der Waals surface area (Å²) in [6.07, 6.45) is 4.63. The van der Waals surface area contributed by atoms with Gasteiger partial charge in [-0.25, -0.2) is 0 Å². The van der Waals surface area contributed by atoms with Crippen LogP contribution in [-0.2, 0) is 6.42 Å². The zero-order valence-electron chi connectivity index (χ0n) is 10.8. The molecule has 0 aliphatic heterocycles. The van der Waals surface area contributed by atoms with Crippen molar-refractivity contribution < 1.29 is 0 Å². The average Bonchev–Trinajstić information content (AvgIpc) is 2.73. The normalized spacial score (nSPS) is 14.1. The molecule has 0 saturated heterocycles. The van der Waals surface area contributed by atoms with Crippen LogP contribution in [0.1, 0.15) is 43.9 Å². The molecular weight excluding hydrogens is 214 g/mol. The van der Waals surface area contributed by atoms with Crippen LogP contribution in [0.25, 0.3) is 6.08 Å². The van der Waals surface area contributed by atoms with Gasteiger partial charge in [0.05, 0.1) is 0 Å². The highest BCUT2D eigenvalue weighted by molar-refractivity contribution is 7.12. The Kier molecular flexibility index (Phi) is 5.78. The molecule has 2 heteroatoms. The summed E-state index contributed by atoms with van der Waals surface area (Å²) < 4.78 is 0. The van der Waals surface area contributed by atoms with E-state index in [0.717, 1.165) is 13.0 Å². The minimum Gasteiger partial charge on any atom is -0.311 e. The van der Waals surface area contributed by atoms with Gasteiger partial charge in [0.1, 0.15) is 0 Å². The molecule has 0 saturated carbocycles. The van der Waals surface area contributed by atoms with Crippen molar-refractivity contribution in [2.45, 2.75) is 46.6 Å². The quantitative estimate of drug-likeness (QED) is 0.785. The molecule has 1 atom stereocenters. The van der Waals surface area contributed by atoms with Gasteiger partial charge in [-0.3, -0.25) is 0 Å². The summed E-state index contributed by atoms with van der Waals surface area (Å²) in [7, 11) is 0. The SMILES string of the molecule is CCCNC(C)/C(C)=C/c1ccc(CC)s1. The van der Waals surface area contributed by atoms with Crippen LogP contribution in [0.5, 0.6) is 0 Å². The Labute approximate surface area is 104 Å². The van der Waals surface area contributed by atoms with Crippen molar-refractivity contribution >= 4 is 17.4 Å². The van der Waals surface area contributed by atoms with Gasteiger partial charge in [0, 0.05) is 15.8 Å². The standard InChI is InChI=1S/C14H23NS/c1-5-9-15-12(4)11(3)10-14-8-7-13(6-2)16-14/h7-8,10,12,15H,5-6,9H2,1-4H3/b11-10+. The van der Waals surface area contributed by atoms with Gasteiger partial charge in [-0.1, -0.05) is 19.4 Å². The Hall–Kier alpha value is -0.600. The Bertz CT molecular complexity index is 338. The zero-order chi connectivity index (χ0) is 12.0. The average molecular weight is 237 g/mol. The molecule has 1 unspecified atom stereocenters. The summed E-state index contributed by atoms with van der Waals surface area (Å²) in [4.78, 5) is 2.84. The molecule has 1 aromatic heterocycles. The molecule has 1 nitrogen and oxygen atoms in total.